The van der Waals surface area contributed by atoms with Gasteiger partial charge in [-0.25, -0.2) is 0 Å². The molecule has 0 saturated heterocycles. The Bertz CT molecular complexity index is 1170. The largest absolute Gasteiger partial charge is 0.364 e. The summed E-state index contributed by atoms with van der Waals surface area (Å²) in [7, 11) is -2.02. The van der Waals surface area contributed by atoms with E-state index >= 15 is 0 Å². The number of nitrogens with zero attached hydrogens (tertiary/aromatic N) is 2. The average Bonchev–Trinajstić information content (AvgIpc) is 3.38. The normalized spacial score (nSPS) is 18.6. The molecule has 0 unspecified atom stereocenters. The van der Waals surface area contributed by atoms with Crippen molar-refractivity contribution in [1.29, 1.82) is 0 Å². The fourth-order valence-corrected chi connectivity index (χ4v) is 9.97. The van der Waals surface area contributed by atoms with E-state index in [2.05, 4.69) is 144 Å². The zero-order valence-electron chi connectivity index (χ0n) is 26.2. The van der Waals surface area contributed by atoms with E-state index in [9.17, 15) is 0 Å². The van der Waals surface area contributed by atoms with E-state index in [-0.39, 0.29) is 16.2 Å². The molecule has 0 N–H and O–H groups in total. The van der Waals surface area contributed by atoms with E-state index in [1.165, 1.54) is 33.1 Å². The van der Waals surface area contributed by atoms with E-state index in [1.54, 1.807) is 5.31 Å². The van der Waals surface area contributed by atoms with E-state index in [0.29, 0.717) is 12.1 Å². The lowest BCUT2D eigenvalue weighted by Crippen LogP contribution is -2.33. The molecule has 2 nitrogen and oxygen atoms in total. The summed E-state index contributed by atoms with van der Waals surface area (Å²) in [5.41, 5.74) is 6.96. The molecule has 0 aromatic heterocycles. The smallest absolute Gasteiger partial charge is 0.0752 e. The lowest BCUT2D eigenvalue weighted by atomic mass is 9.74. The van der Waals surface area contributed by atoms with Crippen LogP contribution in [0.3, 0.4) is 0 Å². The molecule has 0 fully saturated rings. The molecule has 2 aromatic carbocycles. The van der Waals surface area contributed by atoms with Gasteiger partial charge < -0.3 is 4.90 Å². The molecule has 204 valence electrons. The molecule has 2 aromatic rings. The minimum atomic E-state index is -2.02. The maximum atomic E-state index is 6.04. The summed E-state index contributed by atoms with van der Waals surface area (Å²) in [5.74, 6) is 0. The molecule has 1 aliphatic rings. The van der Waals surface area contributed by atoms with Gasteiger partial charge >= 0.3 is 0 Å². The van der Waals surface area contributed by atoms with E-state index < -0.39 is 7.05 Å². The van der Waals surface area contributed by atoms with Crippen molar-refractivity contribution in [3.05, 3.63) is 69.9 Å². The predicted octanol–water partition coefficient (Wildman–Crippen LogP) is 10.4. The summed E-state index contributed by atoms with van der Waals surface area (Å²) in [6.45, 7) is 32.7. The first-order valence-electron chi connectivity index (χ1n) is 14.3. The fourth-order valence-electron chi connectivity index (χ4n) is 5.61. The van der Waals surface area contributed by atoms with Gasteiger partial charge in [0.2, 0.25) is 0 Å². The minimum Gasteiger partial charge on any atom is -0.364 e. The first-order valence-corrected chi connectivity index (χ1v) is 16.0. The van der Waals surface area contributed by atoms with Crippen molar-refractivity contribution in [3.8, 4) is 0 Å². The Morgan fingerprint density at radius 3 is 1.54 bits per heavy atom. The number of allylic oxidation sites excluding steroid dienone is 1. The molecular weight excluding hydrogens is 467 g/mol. The van der Waals surface area contributed by atoms with Crippen LogP contribution in [0.25, 0.3) is 0 Å². The van der Waals surface area contributed by atoms with Crippen LogP contribution in [-0.4, -0.2) is 17.0 Å². The topological polar surface area (TPSA) is 15.6 Å². The summed E-state index contributed by atoms with van der Waals surface area (Å²) in [4.78, 5) is 2.65. The number of hydrogen-bond donors (Lipinski definition) is 0. The van der Waals surface area contributed by atoms with Crippen LogP contribution in [0, 0.1) is 0 Å². The maximum Gasteiger partial charge on any atom is 0.0752 e. The van der Waals surface area contributed by atoms with E-state index in [1.807, 2.05) is 0 Å². The molecule has 0 bridgehead atoms. The van der Waals surface area contributed by atoms with Gasteiger partial charge in [0.25, 0.3) is 0 Å². The fraction of sp³-hybridized carbons (Fsp3) is 0.588. The highest BCUT2D eigenvalue weighted by Gasteiger charge is 2.51. The zero-order valence-corrected chi connectivity index (χ0v) is 27.1. The summed E-state index contributed by atoms with van der Waals surface area (Å²) in [5, 5.41) is 2.97. The Morgan fingerprint density at radius 1 is 0.730 bits per heavy atom. The van der Waals surface area contributed by atoms with Crippen LogP contribution < -0.4 is 5.30 Å². The molecule has 3 rings (SSSR count). The van der Waals surface area contributed by atoms with Crippen molar-refractivity contribution >= 4 is 18.0 Å². The van der Waals surface area contributed by atoms with Gasteiger partial charge in [-0.2, -0.15) is 0 Å². The van der Waals surface area contributed by atoms with Crippen LogP contribution in [0.2, 0.25) is 0 Å². The van der Waals surface area contributed by atoms with Crippen LogP contribution in [0.15, 0.2) is 58.0 Å². The van der Waals surface area contributed by atoms with Crippen molar-refractivity contribution in [3.63, 3.8) is 0 Å². The summed E-state index contributed by atoms with van der Waals surface area (Å²) >= 11 is 0. The molecule has 0 spiro atoms. The lowest BCUT2D eigenvalue weighted by molar-refractivity contribution is 0.251. The second-order valence-electron chi connectivity index (χ2n) is 14.5. The maximum absolute atomic E-state index is 6.04. The van der Waals surface area contributed by atoms with Gasteiger partial charge in [0.15, 0.2) is 0 Å². The first-order chi connectivity index (χ1) is 16.9. The lowest BCUT2D eigenvalue weighted by Gasteiger charge is -2.34. The van der Waals surface area contributed by atoms with Gasteiger partial charge in [-0.05, 0) is 67.1 Å². The van der Waals surface area contributed by atoms with Gasteiger partial charge in [0.1, 0.15) is 0 Å². The standard InChI is InChI=1S/C34H53N2P/c1-15-29-31(36(23(2)3)24(4)5)37(29,26-19-17-16-18-20-26)35-30-27(33(9,10)11)21-25(32(6,7)8)22-28(30)34(12,13)14/h16-24H,15H2,1-14H3/t37-/m1/s1. The van der Waals surface area contributed by atoms with Gasteiger partial charge in [0.05, 0.1) is 18.2 Å². The Hall–Kier alpha value is -1.79. The number of hydrogen-bond acceptors (Lipinski definition) is 2. The molecule has 0 aliphatic carbocycles. The Morgan fingerprint density at radius 2 is 1.19 bits per heavy atom. The highest BCUT2D eigenvalue weighted by molar-refractivity contribution is 7.88. The zero-order chi connectivity index (χ0) is 28.1. The van der Waals surface area contributed by atoms with Crippen molar-refractivity contribution in [2.75, 3.05) is 0 Å². The van der Waals surface area contributed by atoms with Crippen LogP contribution in [0.4, 0.5) is 5.69 Å². The Balaban J connectivity index is 2.52. The molecule has 0 radical (unpaired) electrons. The molecule has 37 heavy (non-hydrogen) atoms. The van der Waals surface area contributed by atoms with E-state index in [4.69, 9.17) is 4.74 Å². The molecule has 1 aliphatic heterocycles. The van der Waals surface area contributed by atoms with Crippen molar-refractivity contribution in [2.45, 2.75) is 132 Å². The third-order valence-electron chi connectivity index (χ3n) is 7.57. The van der Waals surface area contributed by atoms with Gasteiger partial charge in [-0.1, -0.05) is 112 Å². The van der Waals surface area contributed by atoms with Gasteiger partial charge in [-0.15, -0.1) is 0 Å². The molecule has 0 saturated carbocycles. The van der Waals surface area contributed by atoms with Crippen LogP contribution in [0.5, 0.6) is 0 Å². The van der Waals surface area contributed by atoms with Gasteiger partial charge in [0, 0.05) is 22.7 Å². The average molecular weight is 521 g/mol. The van der Waals surface area contributed by atoms with Gasteiger partial charge in [-0.3, -0.25) is 4.74 Å². The quantitative estimate of drug-likeness (QED) is 0.346. The first kappa shape index (κ1) is 29.8. The number of benzene rings is 2. The second-order valence-corrected chi connectivity index (χ2v) is 17.4. The van der Waals surface area contributed by atoms with E-state index in [0.717, 1.165) is 6.42 Å². The van der Waals surface area contributed by atoms with Crippen LogP contribution in [-0.2, 0) is 16.2 Å². The van der Waals surface area contributed by atoms with Crippen LogP contribution >= 0.6 is 7.05 Å². The summed E-state index contributed by atoms with van der Waals surface area (Å²) in [6.07, 6.45) is 1.05. The van der Waals surface area contributed by atoms with Crippen molar-refractivity contribution in [1.82, 2.24) is 4.90 Å². The molecular formula is C34H53N2P. The highest BCUT2D eigenvalue weighted by atomic mass is 31.2. The van der Waals surface area contributed by atoms with Crippen molar-refractivity contribution < 1.29 is 0 Å². The Kier molecular flexibility index (Phi) is 8.10. The monoisotopic (exact) mass is 520 g/mol. The molecule has 1 atom stereocenters. The third-order valence-corrected chi connectivity index (χ3v) is 11.3. The minimum absolute atomic E-state index is 0.0148. The Labute approximate surface area is 229 Å². The highest BCUT2D eigenvalue weighted by Crippen LogP contribution is 2.81. The second kappa shape index (κ2) is 10.1. The van der Waals surface area contributed by atoms with Crippen LogP contribution in [0.1, 0.15) is 120 Å². The summed E-state index contributed by atoms with van der Waals surface area (Å²) in [6, 6.07) is 17.0. The van der Waals surface area contributed by atoms with Crippen molar-refractivity contribution in [2.24, 2.45) is 4.74 Å². The summed E-state index contributed by atoms with van der Waals surface area (Å²) < 4.78 is 6.04. The molecule has 0 amide bonds. The molecule has 3 heteroatoms. The third kappa shape index (κ3) is 5.66. The SMILES string of the molecule is CCC1=C(N(C(C)C)C(C)C)[P@@]1(=Nc1c(C(C)(C)C)cc(C(C)(C)C)cc1C(C)(C)C)c1ccccc1. The number of rotatable bonds is 6. The molecule has 1 heterocycles. The predicted molar refractivity (Wildman–Crippen MR) is 167 cm³/mol.